The van der Waals surface area contributed by atoms with E-state index in [1.54, 1.807) is 0 Å². The first-order chi connectivity index (χ1) is 8.79. The predicted octanol–water partition coefficient (Wildman–Crippen LogP) is 0.0404. The number of carbonyl (C=O) groups is 1. The van der Waals surface area contributed by atoms with Crippen LogP contribution in [0.3, 0.4) is 0 Å². The lowest BCUT2D eigenvalue weighted by Crippen LogP contribution is -2.27. The smallest absolute Gasteiger partial charge is 0.246 e. The van der Waals surface area contributed by atoms with Gasteiger partial charge in [0.05, 0.1) is 13.2 Å². The van der Waals surface area contributed by atoms with E-state index in [1.165, 1.54) is 0 Å². The lowest BCUT2D eigenvalue weighted by Gasteiger charge is -2.06. The van der Waals surface area contributed by atoms with Crippen molar-refractivity contribution >= 4 is 5.91 Å². The summed E-state index contributed by atoms with van der Waals surface area (Å²) in [4.78, 5) is 11.4. The summed E-state index contributed by atoms with van der Waals surface area (Å²) >= 11 is 0. The molecule has 0 aromatic heterocycles. The second-order valence-corrected chi connectivity index (χ2v) is 3.74. The molecule has 1 aromatic rings. The molecule has 1 aliphatic heterocycles. The van der Waals surface area contributed by atoms with Crippen LogP contribution in [0.4, 0.5) is 0 Å². The Labute approximate surface area is 104 Å². The molecule has 0 aliphatic carbocycles. The molecule has 0 unspecified atom stereocenters. The van der Waals surface area contributed by atoms with E-state index in [1.807, 2.05) is 18.2 Å². The van der Waals surface area contributed by atoms with E-state index in [4.69, 9.17) is 19.3 Å². The van der Waals surface area contributed by atoms with Gasteiger partial charge in [-0.05, 0) is 17.7 Å². The summed E-state index contributed by atoms with van der Waals surface area (Å²) in [6.07, 6.45) is 0. The highest BCUT2D eigenvalue weighted by Crippen LogP contribution is 2.32. The van der Waals surface area contributed by atoms with Crippen molar-refractivity contribution in [3.63, 3.8) is 0 Å². The Morgan fingerprint density at radius 2 is 2.22 bits per heavy atom. The van der Waals surface area contributed by atoms with E-state index in [-0.39, 0.29) is 32.5 Å². The predicted molar refractivity (Wildman–Crippen MR) is 62.3 cm³/mol. The second-order valence-electron chi connectivity index (χ2n) is 3.74. The number of aliphatic hydroxyl groups excluding tert-OH is 1. The zero-order valence-electron chi connectivity index (χ0n) is 9.85. The Morgan fingerprint density at radius 3 is 3.06 bits per heavy atom. The zero-order chi connectivity index (χ0) is 12.8. The normalized spacial score (nSPS) is 12.5. The monoisotopic (exact) mass is 253 g/mol. The number of ether oxygens (including phenoxy) is 3. The first-order valence-corrected chi connectivity index (χ1v) is 5.63. The van der Waals surface area contributed by atoms with Gasteiger partial charge in [0.15, 0.2) is 11.5 Å². The summed E-state index contributed by atoms with van der Waals surface area (Å²) < 4.78 is 15.3. The molecular weight excluding hydrogens is 238 g/mol. The van der Waals surface area contributed by atoms with Crippen LogP contribution in [0.5, 0.6) is 11.5 Å². The fraction of sp³-hybridized carbons (Fsp3) is 0.417. The highest BCUT2D eigenvalue weighted by Gasteiger charge is 2.13. The quantitative estimate of drug-likeness (QED) is 0.700. The summed E-state index contributed by atoms with van der Waals surface area (Å²) in [5.41, 5.74) is 0.926. The average Bonchev–Trinajstić information content (AvgIpc) is 2.84. The van der Waals surface area contributed by atoms with Crippen LogP contribution in [-0.4, -0.2) is 37.6 Å². The number of hydrogen-bond donors (Lipinski definition) is 2. The average molecular weight is 253 g/mol. The van der Waals surface area contributed by atoms with Gasteiger partial charge in [0.2, 0.25) is 12.7 Å². The SMILES string of the molecule is O=C(COCCO)NCc1ccc2c(c1)OCO2. The van der Waals surface area contributed by atoms with Gasteiger partial charge in [-0.1, -0.05) is 6.07 Å². The molecule has 0 radical (unpaired) electrons. The maximum Gasteiger partial charge on any atom is 0.246 e. The van der Waals surface area contributed by atoms with Crippen LogP contribution in [0.1, 0.15) is 5.56 Å². The third-order valence-electron chi connectivity index (χ3n) is 2.40. The standard InChI is InChI=1S/C12H15NO5/c14-3-4-16-7-12(15)13-6-9-1-2-10-11(5-9)18-8-17-10/h1-2,5,14H,3-4,6-8H2,(H,13,15). The van der Waals surface area contributed by atoms with Crippen LogP contribution in [0.2, 0.25) is 0 Å². The molecule has 1 aromatic carbocycles. The number of rotatable bonds is 6. The largest absolute Gasteiger partial charge is 0.454 e. The molecular formula is C12H15NO5. The van der Waals surface area contributed by atoms with Gasteiger partial charge in [0.1, 0.15) is 6.61 Å². The maximum absolute atomic E-state index is 11.4. The molecule has 0 saturated heterocycles. The van der Waals surface area contributed by atoms with Gasteiger partial charge >= 0.3 is 0 Å². The first kappa shape index (κ1) is 12.7. The van der Waals surface area contributed by atoms with Crippen LogP contribution in [0.25, 0.3) is 0 Å². The summed E-state index contributed by atoms with van der Waals surface area (Å²) in [5.74, 6) is 1.19. The molecule has 0 spiro atoms. The minimum absolute atomic E-state index is 0.0505. The molecule has 98 valence electrons. The number of amides is 1. The van der Waals surface area contributed by atoms with Crippen LogP contribution < -0.4 is 14.8 Å². The molecule has 1 aliphatic rings. The van der Waals surface area contributed by atoms with Crippen LogP contribution in [-0.2, 0) is 16.1 Å². The van der Waals surface area contributed by atoms with Crippen LogP contribution >= 0.6 is 0 Å². The number of benzene rings is 1. The summed E-state index contributed by atoms with van der Waals surface area (Å²) in [7, 11) is 0. The highest BCUT2D eigenvalue weighted by molar-refractivity contribution is 5.77. The van der Waals surface area contributed by atoms with Crippen LogP contribution in [0.15, 0.2) is 18.2 Å². The zero-order valence-corrected chi connectivity index (χ0v) is 9.85. The van der Waals surface area contributed by atoms with E-state index >= 15 is 0 Å². The Balaban J connectivity index is 1.78. The molecule has 1 heterocycles. The number of hydrogen-bond acceptors (Lipinski definition) is 5. The van der Waals surface area contributed by atoms with Crippen molar-refractivity contribution in [3.05, 3.63) is 23.8 Å². The maximum atomic E-state index is 11.4. The van der Waals surface area contributed by atoms with Gasteiger partial charge in [-0.15, -0.1) is 0 Å². The Morgan fingerprint density at radius 1 is 1.39 bits per heavy atom. The Kier molecular flexibility index (Phi) is 4.38. The van der Waals surface area contributed by atoms with Gasteiger partial charge < -0.3 is 24.6 Å². The van der Waals surface area contributed by atoms with Gasteiger partial charge in [-0.2, -0.15) is 0 Å². The first-order valence-electron chi connectivity index (χ1n) is 5.63. The highest BCUT2D eigenvalue weighted by atomic mass is 16.7. The Bertz CT molecular complexity index is 421. The second kappa shape index (κ2) is 6.23. The summed E-state index contributed by atoms with van der Waals surface area (Å²) in [5, 5.41) is 11.2. The lowest BCUT2D eigenvalue weighted by molar-refractivity contribution is -0.126. The third kappa shape index (κ3) is 3.35. The minimum Gasteiger partial charge on any atom is -0.454 e. The van der Waals surface area contributed by atoms with Gasteiger partial charge in [-0.3, -0.25) is 4.79 Å². The fourth-order valence-corrected chi connectivity index (χ4v) is 1.53. The van der Waals surface area contributed by atoms with Crippen molar-refractivity contribution in [2.75, 3.05) is 26.6 Å². The van der Waals surface area contributed by atoms with Crippen molar-refractivity contribution in [1.29, 1.82) is 0 Å². The van der Waals surface area contributed by atoms with E-state index in [9.17, 15) is 4.79 Å². The van der Waals surface area contributed by atoms with Crippen molar-refractivity contribution < 1.29 is 24.1 Å². The van der Waals surface area contributed by atoms with Gasteiger partial charge in [0.25, 0.3) is 0 Å². The number of fused-ring (bicyclic) bond motifs is 1. The van der Waals surface area contributed by atoms with Crippen molar-refractivity contribution in [1.82, 2.24) is 5.32 Å². The molecule has 1 amide bonds. The molecule has 0 fully saturated rings. The number of aliphatic hydroxyl groups is 1. The minimum atomic E-state index is -0.221. The molecule has 0 bridgehead atoms. The van der Waals surface area contributed by atoms with Crippen molar-refractivity contribution in [2.45, 2.75) is 6.54 Å². The van der Waals surface area contributed by atoms with Gasteiger partial charge in [0, 0.05) is 6.54 Å². The fourth-order valence-electron chi connectivity index (χ4n) is 1.53. The van der Waals surface area contributed by atoms with E-state index in [0.717, 1.165) is 11.3 Å². The molecule has 2 N–H and O–H groups in total. The number of carbonyl (C=O) groups excluding carboxylic acids is 1. The molecule has 6 nitrogen and oxygen atoms in total. The Hall–Kier alpha value is -1.79. The molecule has 18 heavy (non-hydrogen) atoms. The number of nitrogens with one attached hydrogen (secondary N) is 1. The molecule has 2 rings (SSSR count). The summed E-state index contributed by atoms with van der Waals surface area (Å²) in [6, 6.07) is 5.51. The van der Waals surface area contributed by atoms with E-state index < -0.39 is 0 Å². The van der Waals surface area contributed by atoms with E-state index in [0.29, 0.717) is 12.3 Å². The van der Waals surface area contributed by atoms with Crippen molar-refractivity contribution in [2.24, 2.45) is 0 Å². The van der Waals surface area contributed by atoms with E-state index in [2.05, 4.69) is 5.32 Å². The topological polar surface area (TPSA) is 77.0 Å². The molecule has 0 atom stereocenters. The van der Waals surface area contributed by atoms with Crippen molar-refractivity contribution in [3.8, 4) is 11.5 Å². The molecule has 6 heteroatoms. The van der Waals surface area contributed by atoms with Crippen LogP contribution in [0, 0.1) is 0 Å². The lowest BCUT2D eigenvalue weighted by atomic mass is 10.2. The molecule has 0 saturated carbocycles. The third-order valence-corrected chi connectivity index (χ3v) is 2.40. The van der Waals surface area contributed by atoms with Gasteiger partial charge in [-0.25, -0.2) is 0 Å². The summed E-state index contributed by atoms with van der Waals surface area (Å²) in [6.45, 7) is 0.663.